The van der Waals surface area contributed by atoms with E-state index in [0.717, 1.165) is 36.9 Å². The maximum absolute atomic E-state index is 11.9. The Kier molecular flexibility index (Phi) is 6.64. The lowest BCUT2D eigenvalue weighted by atomic mass is 10.2. The maximum atomic E-state index is 11.9. The third-order valence-corrected chi connectivity index (χ3v) is 4.91. The molecule has 8 heteroatoms. The molecule has 25 heavy (non-hydrogen) atoms. The smallest absolute Gasteiger partial charge is 0.407 e. The molecule has 0 aromatic carbocycles. The maximum Gasteiger partial charge on any atom is 0.407 e. The van der Waals surface area contributed by atoms with Gasteiger partial charge in [-0.3, -0.25) is 4.99 Å². The second-order valence-corrected chi connectivity index (χ2v) is 8.25. The molecule has 1 atom stereocenters. The average molecular weight is 368 g/mol. The lowest BCUT2D eigenvalue weighted by molar-refractivity contribution is 0.0507. The predicted molar refractivity (Wildman–Crippen MR) is 101 cm³/mol. The molecule has 7 nitrogen and oxygen atoms in total. The van der Waals surface area contributed by atoms with Gasteiger partial charge < -0.3 is 20.3 Å². The van der Waals surface area contributed by atoms with E-state index in [9.17, 15) is 4.79 Å². The number of carbonyl (C=O) groups excluding carboxylic acids is 1. The third kappa shape index (κ3) is 6.19. The molecule has 0 radical (unpaired) electrons. The molecule has 0 spiro atoms. The molecule has 1 amide bonds. The molecule has 0 aliphatic carbocycles. The molecule has 1 aliphatic rings. The van der Waals surface area contributed by atoms with Gasteiger partial charge in [0.1, 0.15) is 10.6 Å². The van der Waals surface area contributed by atoms with Crippen molar-refractivity contribution in [2.24, 2.45) is 4.99 Å². The quantitative estimate of drug-likeness (QED) is 0.631. The number of aryl methyl sites for hydroxylation is 1. The van der Waals surface area contributed by atoms with E-state index in [4.69, 9.17) is 4.74 Å². The number of hydrogen-bond acceptors (Lipinski definition) is 5. The Labute approximate surface area is 153 Å². The van der Waals surface area contributed by atoms with Crippen LogP contribution < -0.4 is 10.6 Å². The molecule has 2 rings (SSSR count). The van der Waals surface area contributed by atoms with Crippen molar-refractivity contribution in [3.8, 4) is 0 Å². The number of thiazole rings is 1. The summed E-state index contributed by atoms with van der Waals surface area (Å²) >= 11 is 1.72. The van der Waals surface area contributed by atoms with Crippen molar-refractivity contribution in [1.82, 2.24) is 20.5 Å². The zero-order valence-corrected chi connectivity index (χ0v) is 16.6. The fraction of sp³-hybridized carbons (Fsp3) is 0.706. The van der Waals surface area contributed by atoms with E-state index < -0.39 is 5.60 Å². The highest BCUT2D eigenvalue weighted by atomic mass is 32.1. The van der Waals surface area contributed by atoms with Gasteiger partial charge in [-0.15, -0.1) is 11.3 Å². The number of alkyl carbamates (subject to hydrolysis) is 1. The molecular weight excluding hydrogens is 338 g/mol. The largest absolute Gasteiger partial charge is 0.444 e. The van der Waals surface area contributed by atoms with Crippen LogP contribution in [-0.2, 0) is 17.7 Å². The summed E-state index contributed by atoms with van der Waals surface area (Å²) in [6.45, 7) is 9.95. The van der Waals surface area contributed by atoms with Gasteiger partial charge in [0.2, 0.25) is 0 Å². The Morgan fingerprint density at radius 2 is 2.28 bits per heavy atom. The van der Waals surface area contributed by atoms with Crippen LogP contribution in [-0.4, -0.2) is 53.7 Å². The van der Waals surface area contributed by atoms with E-state index >= 15 is 0 Å². The number of nitrogens with zero attached hydrogens (tertiary/aromatic N) is 3. The summed E-state index contributed by atoms with van der Waals surface area (Å²) in [6.07, 6.45) is 3.45. The number of rotatable bonds is 4. The first-order valence-corrected chi connectivity index (χ1v) is 9.51. The van der Waals surface area contributed by atoms with Crippen LogP contribution in [0.25, 0.3) is 0 Å². The fourth-order valence-electron chi connectivity index (χ4n) is 2.62. The van der Waals surface area contributed by atoms with Crippen LogP contribution in [0.5, 0.6) is 0 Å². The molecule has 0 saturated carbocycles. The third-order valence-electron chi connectivity index (χ3n) is 3.77. The zero-order chi connectivity index (χ0) is 18.4. The van der Waals surface area contributed by atoms with Gasteiger partial charge in [0.15, 0.2) is 5.96 Å². The molecule has 2 heterocycles. The zero-order valence-electron chi connectivity index (χ0n) is 15.8. The topological polar surface area (TPSA) is 78.9 Å². The van der Waals surface area contributed by atoms with Gasteiger partial charge in [-0.25, -0.2) is 9.78 Å². The molecule has 2 N–H and O–H groups in total. The second-order valence-electron chi connectivity index (χ2n) is 7.05. The predicted octanol–water partition coefficient (Wildman–Crippen LogP) is 2.38. The summed E-state index contributed by atoms with van der Waals surface area (Å²) in [6, 6.07) is 0.0694. The summed E-state index contributed by atoms with van der Waals surface area (Å²) in [4.78, 5) is 24.1. The number of aliphatic imine (C=N–C) groups is 1. The van der Waals surface area contributed by atoms with Crippen LogP contribution in [0.1, 0.15) is 44.0 Å². The molecule has 1 aromatic heterocycles. The van der Waals surface area contributed by atoms with E-state index in [2.05, 4.69) is 32.4 Å². The van der Waals surface area contributed by atoms with Crippen molar-refractivity contribution in [3.63, 3.8) is 0 Å². The molecule has 1 aliphatic heterocycles. The summed E-state index contributed by atoms with van der Waals surface area (Å²) in [5.41, 5.74) is -0.481. The highest BCUT2D eigenvalue weighted by Crippen LogP contribution is 2.14. The van der Waals surface area contributed by atoms with E-state index in [1.165, 1.54) is 4.88 Å². The van der Waals surface area contributed by atoms with E-state index in [1.54, 1.807) is 18.4 Å². The minimum Gasteiger partial charge on any atom is -0.444 e. The van der Waals surface area contributed by atoms with Crippen molar-refractivity contribution in [2.45, 2.75) is 58.7 Å². The number of guanidine groups is 1. The van der Waals surface area contributed by atoms with Gasteiger partial charge in [0, 0.05) is 31.2 Å². The molecule has 1 unspecified atom stereocenters. The van der Waals surface area contributed by atoms with Gasteiger partial charge in [0.05, 0.1) is 12.6 Å². The number of likely N-dealkylation sites (tertiary alicyclic amines) is 1. The molecule has 1 fully saturated rings. The first-order valence-electron chi connectivity index (χ1n) is 8.69. The van der Waals surface area contributed by atoms with Crippen LogP contribution in [0, 0.1) is 0 Å². The average Bonchev–Trinajstić information content (AvgIpc) is 3.15. The van der Waals surface area contributed by atoms with Crippen molar-refractivity contribution in [2.75, 3.05) is 20.1 Å². The summed E-state index contributed by atoms with van der Waals surface area (Å²) in [5.74, 6) is 0.835. The fourth-order valence-corrected chi connectivity index (χ4v) is 3.43. The number of aromatic nitrogens is 1. The Morgan fingerprint density at radius 3 is 2.88 bits per heavy atom. The number of amides is 1. The van der Waals surface area contributed by atoms with Gasteiger partial charge in [-0.05, 0) is 33.6 Å². The van der Waals surface area contributed by atoms with Crippen LogP contribution >= 0.6 is 11.3 Å². The molecule has 1 aromatic rings. The first kappa shape index (κ1) is 19.5. The van der Waals surface area contributed by atoms with Gasteiger partial charge >= 0.3 is 6.09 Å². The van der Waals surface area contributed by atoms with E-state index in [1.807, 2.05) is 27.0 Å². The lowest BCUT2D eigenvalue weighted by Crippen LogP contribution is -2.44. The van der Waals surface area contributed by atoms with Crippen LogP contribution in [0.3, 0.4) is 0 Å². The van der Waals surface area contributed by atoms with Gasteiger partial charge in [-0.2, -0.15) is 0 Å². The normalized spacial score (nSPS) is 18.4. The Morgan fingerprint density at radius 1 is 1.52 bits per heavy atom. The van der Waals surface area contributed by atoms with Gasteiger partial charge in [-0.1, -0.05) is 6.92 Å². The van der Waals surface area contributed by atoms with E-state index in [-0.39, 0.29) is 12.1 Å². The Balaban J connectivity index is 1.81. The number of hydrogen-bond donors (Lipinski definition) is 2. The van der Waals surface area contributed by atoms with Gasteiger partial charge in [0.25, 0.3) is 0 Å². The number of ether oxygens (including phenoxy) is 1. The lowest BCUT2D eigenvalue weighted by Gasteiger charge is -2.23. The molecule has 1 saturated heterocycles. The van der Waals surface area contributed by atoms with Crippen molar-refractivity contribution in [3.05, 3.63) is 16.1 Å². The Hall–Kier alpha value is -1.83. The monoisotopic (exact) mass is 367 g/mol. The van der Waals surface area contributed by atoms with Crippen molar-refractivity contribution < 1.29 is 9.53 Å². The second kappa shape index (κ2) is 8.51. The van der Waals surface area contributed by atoms with Crippen LogP contribution in [0.4, 0.5) is 4.79 Å². The first-order chi connectivity index (χ1) is 11.8. The summed E-state index contributed by atoms with van der Waals surface area (Å²) in [5, 5.41) is 7.35. The minimum absolute atomic E-state index is 0.0694. The van der Waals surface area contributed by atoms with Crippen LogP contribution in [0.15, 0.2) is 11.2 Å². The standard InChI is InChI=1S/C17H29N5O2S/c1-6-13-9-19-14(25-13)10-20-15(18-5)22-8-7-12(11-22)21-16(23)24-17(2,3)4/h9,12H,6-8,10-11H2,1-5H3,(H,18,20)(H,21,23). The number of carbonyl (C=O) groups is 1. The highest BCUT2D eigenvalue weighted by molar-refractivity contribution is 7.11. The van der Waals surface area contributed by atoms with Crippen LogP contribution in [0.2, 0.25) is 0 Å². The van der Waals surface area contributed by atoms with E-state index in [0.29, 0.717) is 6.54 Å². The minimum atomic E-state index is -0.481. The van der Waals surface area contributed by atoms with Crippen molar-refractivity contribution >= 4 is 23.4 Å². The molecule has 140 valence electrons. The molecule has 0 bridgehead atoms. The highest BCUT2D eigenvalue weighted by Gasteiger charge is 2.27. The summed E-state index contributed by atoms with van der Waals surface area (Å²) < 4.78 is 5.32. The SMILES string of the molecule is CCc1cnc(CNC(=NC)N2CCC(NC(=O)OC(C)(C)C)C2)s1. The summed E-state index contributed by atoms with van der Waals surface area (Å²) in [7, 11) is 1.77. The van der Waals surface area contributed by atoms with Crippen molar-refractivity contribution in [1.29, 1.82) is 0 Å². The Bertz CT molecular complexity index is 608. The number of nitrogens with one attached hydrogen (secondary N) is 2. The molecular formula is C17H29N5O2S.